The van der Waals surface area contributed by atoms with Crippen LogP contribution in [-0.4, -0.2) is 9.38 Å². The number of benzene rings is 1. The Bertz CT molecular complexity index is 785. The number of aromatic nitrogens is 2. The van der Waals surface area contributed by atoms with Crippen LogP contribution in [0.4, 0.5) is 5.82 Å². The minimum atomic E-state index is -0.0818. The molecule has 22 heavy (non-hydrogen) atoms. The van der Waals surface area contributed by atoms with Gasteiger partial charge in [-0.3, -0.25) is 4.40 Å². The van der Waals surface area contributed by atoms with Crippen molar-refractivity contribution in [1.29, 1.82) is 0 Å². The lowest BCUT2D eigenvalue weighted by Crippen LogP contribution is -2.16. The lowest BCUT2D eigenvalue weighted by molar-refractivity contribution is 0.308. The normalized spacial score (nSPS) is 11.8. The summed E-state index contributed by atoms with van der Waals surface area (Å²) in [5, 5.41) is 0. The number of ether oxygens (including phenoxy) is 1. The zero-order chi connectivity index (χ0) is 15.7. The third-order valence-corrected chi connectivity index (χ3v) is 3.59. The number of hydrogen-bond acceptors (Lipinski definition) is 3. The molecule has 0 spiro atoms. The quantitative estimate of drug-likeness (QED) is 0.799. The molecule has 0 amide bonds. The molecule has 1 aromatic carbocycles. The van der Waals surface area contributed by atoms with Gasteiger partial charge in [0.05, 0.1) is 5.69 Å². The van der Waals surface area contributed by atoms with E-state index >= 15 is 0 Å². The first-order valence-corrected chi connectivity index (χ1v) is 7.40. The minimum Gasteiger partial charge on any atom is -0.485 e. The molecule has 0 radical (unpaired) electrons. The van der Waals surface area contributed by atoms with Crippen LogP contribution in [0.3, 0.4) is 0 Å². The second kappa shape index (κ2) is 5.37. The van der Waals surface area contributed by atoms with E-state index in [0.717, 1.165) is 22.7 Å². The summed E-state index contributed by atoms with van der Waals surface area (Å²) >= 11 is 0. The molecule has 2 aromatic heterocycles. The predicted octanol–water partition coefficient (Wildman–Crippen LogP) is 3.79. The maximum Gasteiger partial charge on any atom is 0.182 e. The van der Waals surface area contributed by atoms with Gasteiger partial charge in [0.25, 0.3) is 0 Å². The van der Waals surface area contributed by atoms with Crippen LogP contribution >= 0.6 is 0 Å². The zero-order valence-corrected chi connectivity index (χ0v) is 13.2. The molecule has 0 aliphatic carbocycles. The number of imidazole rings is 1. The summed E-state index contributed by atoms with van der Waals surface area (Å²) in [4.78, 5) is 4.51. The Morgan fingerprint density at radius 2 is 1.82 bits per heavy atom. The number of nitrogens with zero attached hydrogens (tertiary/aromatic N) is 2. The summed E-state index contributed by atoms with van der Waals surface area (Å²) in [5.74, 6) is 1.30. The molecule has 3 rings (SSSR count). The standard InChI is InChI=1S/C18H21N3O/c1-18(2,3)15-16(19)20-17-14(10-7-11-21(15)17)22-12-13-8-5-4-6-9-13/h4-11H,12,19H2,1-3H3. The molecule has 114 valence electrons. The van der Waals surface area contributed by atoms with E-state index in [9.17, 15) is 0 Å². The van der Waals surface area contributed by atoms with Gasteiger partial charge in [-0.1, -0.05) is 51.1 Å². The number of nitrogens with two attached hydrogens (primary N) is 1. The summed E-state index contributed by atoms with van der Waals surface area (Å²) < 4.78 is 7.97. The molecule has 4 heteroatoms. The second-order valence-electron chi connectivity index (χ2n) is 6.44. The molecule has 0 atom stereocenters. The lowest BCUT2D eigenvalue weighted by atomic mass is 9.92. The number of pyridine rings is 1. The van der Waals surface area contributed by atoms with Crippen LogP contribution in [0.5, 0.6) is 5.75 Å². The molecule has 0 aliphatic heterocycles. The summed E-state index contributed by atoms with van der Waals surface area (Å²) in [6, 6.07) is 14.0. The van der Waals surface area contributed by atoms with Crippen molar-refractivity contribution in [3.63, 3.8) is 0 Å². The molecule has 3 aromatic rings. The number of hydrogen-bond donors (Lipinski definition) is 1. The second-order valence-corrected chi connectivity index (χ2v) is 6.44. The molecule has 0 aliphatic rings. The van der Waals surface area contributed by atoms with Crippen LogP contribution in [-0.2, 0) is 12.0 Å². The maximum absolute atomic E-state index is 6.13. The third-order valence-electron chi connectivity index (χ3n) is 3.59. The molecule has 4 nitrogen and oxygen atoms in total. The van der Waals surface area contributed by atoms with Crippen molar-refractivity contribution in [2.75, 3.05) is 5.73 Å². The number of fused-ring (bicyclic) bond motifs is 1. The number of anilines is 1. The van der Waals surface area contributed by atoms with Crippen LogP contribution < -0.4 is 10.5 Å². The molecule has 0 unspecified atom stereocenters. The van der Waals surface area contributed by atoms with Crippen LogP contribution in [0.1, 0.15) is 32.0 Å². The summed E-state index contributed by atoms with van der Waals surface area (Å²) in [7, 11) is 0. The Hall–Kier alpha value is -2.49. The molecule has 0 bridgehead atoms. The summed E-state index contributed by atoms with van der Waals surface area (Å²) in [6.07, 6.45) is 1.98. The summed E-state index contributed by atoms with van der Waals surface area (Å²) in [6.45, 7) is 6.90. The fourth-order valence-electron chi connectivity index (χ4n) is 2.65. The van der Waals surface area contributed by atoms with Gasteiger partial charge < -0.3 is 10.5 Å². The average molecular weight is 295 g/mol. The lowest BCUT2D eigenvalue weighted by Gasteiger charge is -2.19. The molecule has 2 heterocycles. The number of rotatable bonds is 3. The van der Waals surface area contributed by atoms with E-state index in [4.69, 9.17) is 10.5 Å². The molecule has 0 fully saturated rings. The molecule has 2 N–H and O–H groups in total. The topological polar surface area (TPSA) is 52.5 Å². The molecular formula is C18H21N3O. The minimum absolute atomic E-state index is 0.0818. The zero-order valence-electron chi connectivity index (χ0n) is 13.2. The van der Waals surface area contributed by atoms with Crippen molar-refractivity contribution < 1.29 is 4.74 Å². The Labute approximate surface area is 130 Å². The van der Waals surface area contributed by atoms with Gasteiger partial charge in [0.1, 0.15) is 12.4 Å². The van der Waals surface area contributed by atoms with E-state index in [1.54, 1.807) is 0 Å². The molecular weight excluding hydrogens is 274 g/mol. The van der Waals surface area contributed by atoms with Crippen molar-refractivity contribution in [2.24, 2.45) is 0 Å². The SMILES string of the molecule is CC(C)(C)c1c(N)nc2c(OCc3ccccc3)cccn12. The van der Waals surface area contributed by atoms with Crippen LogP contribution in [0.15, 0.2) is 48.7 Å². The van der Waals surface area contributed by atoms with Crippen molar-refractivity contribution in [3.8, 4) is 5.75 Å². The largest absolute Gasteiger partial charge is 0.485 e. The Morgan fingerprint density at radius 3 is 2.50 bits per heavy atom. The first kappa shape index (κ1) is 14.4. The van der Waals surface area contributed by atoms with E-state index in [-0.39, 0.29) is 5.41 Å². The van der Waals surface area contributed by atoms with Crippen molar-refractivity contribution in [2.45, 2.75) is 32.8 Å². The smallest absolute Gasteiger partial charge is 0.182 e. The Kier molecular flexibility index (Phi) is 3.53. The van der Waals surface area contributed by atoms with E-state index < -0.39 is 0 Å². The monoisotopic (exact) mass is 295 g/mol. The van der Waals surface area contributed by atoms with Gasteiger partial charge in [0, 0.05) is 11.6 Å². The summed E-state index contributed by atoms with van der Waals surface area (Å²) in [5.41, 5.74) is 8.94. The van der Waals surface area contributed by atoms with E-state index in [1.165, 1.54) is 0 Å². The Morgan fingerprint density at radius 1 is 1.09 bits per heavy atom. The van der Waals surface area contributed by atoms with E-state index in [1.807, 2.05) is 53.1 Å². The van der Waals surface area contributed by atoms with Crippen molar-refractivity contribution >= 4 is 11.5 Å². The van der Waals surface area contributed by atoms with Crippen molar-refractivity contribution in [1.82, 2.24) is 9.38 Å². The maximum atomic E-state index is 6.13. The molecule has 0 saturated heterocycles. The van der Waals surface area contributed by atoms with Crippen LogP contribution in [0.25, 0.3) is 5.65 Å². The third kappa shape index (κ3) is 2.64. The fraction of sp³-hybridized carbons (Fsp3) is 0.278. The number of nitrogen functional groups attached to an aromatic ring is 1. The first-order valence-electron chi connectivity index (χ1n) is 7.40. The molecule has 0 saturated carbocycles. The van der Waals surface area contributed by atoms with Gasteiger partial charge in [0.2, 0.25) is 0 Å². The highest BCUT2D eigenvalue weighted by atomic mass is 16.5. The van der Waals surface area contributed by atoms with Crippen molar-refractivity contribution in [3.05, 3.63) is 59.9 Å². The Balaban J connectivity index is 1.98. The highest BCUT2D eigenvalue weighted by molar-refractivity contribution is 5.61. The van der Waals surface area contributed by atoms with Gasteiger partial charge in [-0.2, -0.15) is 0 Å². The van der Waals surface area contributed by atoms with Gasteiger partial charge in [-0.25, -0.2) is 4.98 Å². The predicted molar refractivity (Wildman–Crippen MR) is 89.1 cm³/mol. The highest BCUT2D eigenvalue weighted by Crippen LogP contribution is 2.31. The van der Waals surface area contributed by atoms with Gasteiger partial charge in [-0.05, 0) is 17.7 Å². The van der Waals surface area contributed by atoms with Gasteiger partial charge in [-0.15, -0.1) is 0 Å². The average Bonchev–Trinajstić information content (AvgIpc) is 2.82. The highest BCUT2D eigenvalue weighted by Gasteiger charge is 2.24. The van der Waals surface area contributed by atoms with Gasteiger partial charge >= 0.3 is 0 Å². The van der Waals surface area contributed by atoms with Crippen LogP contribution in [0.2, 0.25) is 0 Å². The van der Waals surface area contributed by atoms with E-state index in [0.29, 0.717) is 12.4 Å². The van der Waals surface area contributed by atoms with Gasteiger partial charge in [0.15, 0.2) is 11.4 Å². The van der Waals surface area contributed by atoms with E-state index in [2.05, 4.69) is 25.8 Å². The fourth-order valence-corrected chi connectivity index (χ4v) is 2.65. The first-order chi connectivity index (χ1) is 10.5. The van der Waals surface area contributed by atoms with Crippen LogP contribution in [0, 0.1) is 0 Å².